The third-order valence-corrected chi connectivity index (χ3v) is 3.64. The van der Waals surface area contributed by atoms with Gasteiger partial charge in [0.05, 0.1) is 0 Å². The standard InChI is InChI=1S/C15H23IN2O/c1-18(2)12-6-4-3-5-11-17-15(19)13-7-9-14(16)10-8-13/h7-10H,3-6,11-12H2,1-2H3,(H,17,19)/i16+4. The average molecular weight is 378 g/mol. The van der Waals surface area contributed by atoms with E-state index in [4.69, 9.17) is 0 Å². The lowest BCUT2D eigenvalue weighted by Gasteiger charge is -2.09. The number of rotatable bonds is 8. The fraction of sp³-hybridized carbons (Fsp3) is 0.533. The Hall–Kier alpha value is -0.620. The van der Waals surface area contributed by atoms with Crippen molar-refractivity contribution in [1.29, 1.82) is 0 Å². The molecule has 1 aromatic carbocycles. The Morgan fingerprint density at radius 3 is 2.37 bits per heavy atom. The molecule has 0 atom stereocenters. The fourth-order valence-corrected chi connectivity index (χ4v) is 2.17. The van der Waals surface area contributed by atoms with E-state index in [0.29, 0.717) is 0 Å². The number of unbranched alkanes of at least 4 members (excludes halogenated alkanes) is 3. The van der Waals surface area contributed by atoms with Crippen LogP contribution in [0.15, 0.2) is 24.3 Å². The van der Waals surface area contributed by atoms with Crippen molar-refractivity contribution in [3.63, 3.8) is 0 Å². The summed E-state index contributed by atoms with van der Waals surface area (Å²) in [6, 6.07) is 7.65. The summed E-state index contributed by atoms with van der Waals surface area (Å²) in [4.78, 5) is 14.0. The van der Waals surface area contributed by atoms with Gasteiger partial charge in [-0.05, 0) is 80.3 Å². The maximum Gasteiger partial charge on any atom is 0.251 e. The highest BCUT2D eigenvalue weighted by molar-refractivity contribution is 14.1. The maximum absolute atomic E-state index is 11.8. The first kappa shape index (κ1) is 16.4. The quantitative estimate of drug-likeness (QED) is 0.557. The first-order valence-corrected chi connectivity index (χ1v) is 7.86. The normalized spacial score (nSPS) is 10.7. The number of hydrogen-bond acceptors (Lipinski definition) is 2. The van der Waals surface area contributed by atoms with Gasteiger partial charge >= 0.3 is 0 Å². The molecule has 1 rings (SSSR count). The number of carbonyl (C=O) groups excluding carboxylic acids is 1. The van der Waals surface area contributed by atoms with Gasteiger partial charge in [0.2, 0.25) is 0 Å². The van der Waals surface area contributed by atoms with Crippen LogP contribution in [0.4, 0.5) is 0 Å². The summed E-state index contributed by atoms with van der Waals surface area (Å²) in [6.07, 6.45) is 4.71. The minimum atomic E-state index is 0.0321. The van der Waals surface area contributed by atoms with E-state index in [1.807, 2.05) is 24.3 Å². The molecule has 3 nitrogen and oxygen atoms in total. The van der Waals surface area contributed by atoms with Crippen molar-refractivity contribution in [2.45, 2.75) is 25.7 Å². The number of amides is 1. The first-order chi connectivity index (χ1) is 9.09. The zero-order chi connectivity index (χ0) is 14.1. The summed E-state index contributed by atoms with van der Waals surface area (Å²) < 4.78 is 1.15. The molecule has 0 aliphatic rings. The van der Waals surface area contributed by atoms with Gasteiger partial charge in [-0.25, -0.2) is 0 Å². The Kier molecular flexibility index (Phi) is 8.05. The molecule has 0 spiro atoms. The summed E-state index contributed by atoms with van der Waals surface area (Å²) in [6.45, 7) is 1.92. The van der Waals surface area contributed by atoms with Crippen LogP contribution in [-0.2, 0) is 0 Å². The van der Waals surface area contributed by atoms with E-state index in [1.165, 1.54) is 19.3 Å². The predicted molar refractivity (Wildman–Crippen MR) is 88.5 cm³/mol. The van der Waals surface area contributed by atoms with Crippen LogP contribution in [0.3, 0.4) is 0 Å². The topological polar surface area (TPSA) is 32.3 Å². The molecule has 1 amide bonds. The van der Waals surface area contributed by atoms with Crippen molar-refractivity contribution in [3.05, 3.63) is 33.4 Å². The van der Waals surface area contributed by atoms with Crippen LogP contribution in [0.5, 0.6) is 0 Å². The smallest absolute Gasteiger partial charge is 0.251 e. The molecule has 4 heteroatoms. The zero-order valence-corrected chi connectivity index (χ0v) is 13.9. The van der Waals surface area contributed by atoms with Crippen LogP contribution in [0.1, 0.15) is 36.0 Å². The lowest BCUT2D eigenvalue weighted by molar-refractivity contribution is 0.0953. The minimum absolute atomic E-state index is 0.0321. The number of nitrogens with one attached hydrogen (secondary N) is 1. The summed E-state index contributed by atoms with van der Waals surface area (Å²) in [7, 11) is 4.20. The van der Waals surface area contributed by atoms with E-state index < -0.39 is 0 Å². The third kappa shape index (κ3) is 7.52. The lowest BCUT2D eigenvalue weighted by atomic mass is 10.2. The van der Waals surface area contributed by atoms with Crippen molar-refractivity contribution >= 4 is 28.5 Å². The molecule has 1 N–H and O–H groups in total. The molecule has 1 aromatic rings. The maximum atomic E-state index is 11.8. The molecular weight excluding hydrogens is 355 g/mol. The molecule has 106 valence electrons. The Labute approximate surface area is 129 Å². The van der Waals surface area contributed by atoms with E-state index in [1.54, 1.807) is 0 Å². The van der Waals surface area contributed by atoms with E-state index in [9.17, 15) is 4.79 Å². The van der Waals surface area contributed by atoms with Crippen LogP contribution >= 0.6 is 22.6 Å². The molecule has 0 bridgehead atoms. The third-order valence-electron chi connectivity index (χ3n) is 2.92. The van der Waals surface area contributed by atoms with Crippen LogP contribution < -0.4 is 5.32 Å². The van der Waals surface area contributed by atoms with Gasteiger partial charge in [-0.1, -0.05) is 12.8 Å². The molecule has 0 heterocycles. The van der Waals surface area contributed by atoms with Crippen molar-refractivity contribution < 1.29 is 4.79 Å². The molecule has 0 aromatic heterocycles. The highest BCUT2D eigenvalue weighted by atomic mass is 131. The van der Waals surface area contributed by atoms with Gasteiger partial charge in [-0.15, -0.1) is 0 Å². The average Bonchev–Trinajstić information content (AvgIpc) is 2.38. The van der Waals surface area contributed by atoms with Gasteiger partial charge in [0.1, 0.15) is 0 Å². The molecule has 0 aliphatic carbocycles. The van der Waals surface area contributed by atoms with Gasteiger partial charge < -0.3 is 10.2 Å². The summed E-state index contributed by atoms with van der Waals surface area (Å²) >= 11 is 2.24. The highest BCUT2D eigenvalue weighted by Gasteiger charge is 2.03. The van der Waals surface area contributed by atoms with Crippen molar-refractivity contribution in [3.8, 4) is 0 Å². The summed E-state index contributed by atoms with van der Waals surface area (Å²) in [5.74, 6) is 0.0321. The van der Waals surface area contributed by atoms with Crippen LogP contribution in [-0.4, -0.2) is 38.0 Å². The fourth-order valence-electron chi connectivity index (χ4n) is 1.81. The number of nitrogens with zero attached hydrogens (tertiary/aromatic N) is 1. The van der Waals surface area contributed by atoms with Gasteiger partial charge in [0.15, 0.2) is 0 Å². The Morgan fingerprint density at radius 1 is 1.11 bits per heavy atom. The molecule has 0 unspecified atom stereocenters. The second-order valence-corrected chi connectivity index (χ2v) is 6.23. The molecule has 0 radical (unpaired) electrons. The van der Waals surface area contributed by atoms with E-state index in [0.717, 1.165) is 28.6 Å². The summed E-state index contributed by atoms with van der Waals surface area (Å²) in [5, 5.41) is 2.97. The molecule has 0 saturated carbocycles. The van der Waals surface area contributed by atoms with Crippen molar-refractivity contribution in [2.24, 2.45) is 0 Å². The van der Waals surface area contributed by atoms with Gasteiger partial charge in [-0.3, -0.25) is 4.79 Å². The SMILES string of the molecule is CN(C)CCCCCCNC(=O)c1ccc([131I])cc1. The Bertz CT molecular complexity index is 376. The number of carbonyl (C=O) groups is 1. The van der Waals surface area contributed by atoms with Crippen molar-refractivity contribution in [2.75, 3.05) is 27.2 Å². The van der Waals surface area contributed by atoms with Crippen LogP contribution in [0.2, 0.25) is 0 Å². The lowest BCUT2D eigenvalue weighted by Crippen LogP contribution is -2.24. The second kappa shape index (κ2) is 9.31. The highest BCUT2D eigenvalue weighted by Crippen LogP contribution is 2.06. The van der Waals surface area contributed by atoms with E-state index in [2.05, 4.69) is 46.9 Å². The summed E-state index contributed by atoms with van der Waals surface area (Å²) in [5.41, 5.74) is 0.744. The molecule has 19 heavy (non-hydrogen) atoms. The van der Waals surface area contributed by atoms with Crippen LogP contribution in [0.25, 0.3) is 0 Å². The zero-order valence-electron chi connectivity index (χ0n) is 11.8. The van der Waals surface area contributed by atoms with Gasteiger partial charge in [-0.2, -0.15) is 0 Å². The molecule has 0 saturated heterocycles. The van der Waals surface area contributed by atoms with Crippen molar-refractivity contribution in [1.82, 2.24) is 10.2 Å². The number of hydrogen-bond donors (Lipinski definition) is 1. The van der Waals surface area contributed by atoms with Crippen LogP contribution in [0, 0.1) is 3.57 Å². The Morgan fingerprint density at radius 2 is 1.74 bits per heavy atom. The van der Waals surface area contributed by atoms with E-state index in [-0.39, 0.29) is 5.91 Å². The first-order valence-electron chi connectivity index (χ1n) is 6.78. The van der Waals surface area contributed by atoms with Gasteiger partial charge in [0.25, 0.3) is 5.91 Å². The largest absolute Gasteiger partial charge is 0.352 e. The Balaban J connectivity index is 2.09. The van der Waals surface area contributed by atoms with E-state index >= 15 is 0 Å². The second-order valence-electron chi connectivity index (χ2n) is 4.98. The minimum Gasteiger partial charge on any atom is -0.352 e. The number of benzene rings is 1. The van der Waals surface area contributed by atoms with Gasteiger partial charge in [0, 0.05) is 15.7 Å². The predicted octanol–water partition coefficient (Wildman–Crippen LogP) is 3.14. The number of halogens is 1. The molecule has 0 fully saturated rings. The monoisotopic (exact) mass is 378 g/mol. The molecule has 0 aliphatic heterocycles. The molecular formula is C15H23IN2O.